The Bertz CT molecular complexity index is 918. The number of ketones is 1. The Hall–Kier alpha value is -3.54. The van der Waals surface area contributed by atoms with Gasteiger partial charge in [0.05, 0.1) is 25.5 Å². The van der Waals surface area contributed by atoms with Gasteiger partial charge < -0.3 is 19.2 Å². The summed E-state index contributed by atoms with van der Waals surface area (Å²) in [6.07, 6.45) is 1.58. The molecule has 1 heterocycles. The lowest BCUT2D eigenvalue weighted by Gasteiger charge is -2.11. The number of rotatable bonds is 8. The molecule has 6 nitrogen and oxygen atoms in total. The van der Waals surface area contributed by atoms with Crippen LogP contribution < -0.4 is 10.1 Å². The summed E-state index contributed by atoms with van der Waals surface area (Å²) in [7, 11) is 1.52. The van der Waals surface area contributed by atoms with Crippen molar-refractivity contribution in [2.75, 3.05) is 19.0 Å². The molecule has 1 N–H and O–H groups in total. The summed E-state index contributed by atoms with van der Waals surface area (Å²) in [5, 5.41) is 3.13. The van der Waals surface area contributed by atoms with Crippen LogP contribution in [0.5, 0.6) is 5.75 Å². The first kappa shape index (κ1) is 18.3. The fourth-order valence-electron chi connectivity index (χ4n) is 2.50. The zero-order valence-corrected chi connectivity index (χ0v) is 14.8. The lowest BCUT2D eigenvalue weighted by atomic mass is 10.1. The molecular weight excluding hydrogens is 346 g/mol. The maximum Gasteiger partial charge on any atom is 0.340 e. The molecule has 0 saturated carbocycles. The molecule has 0 saturated heterocycles. The number of carbonyl (C=O) groups is 2. The molecular formula is C21H19NO5. The number of hydrogen-bond acceptors (Lipinski definition) is 6. The van der Waals surface area contributed by atoms with E-state index in [1.54, 1.807) is 54.8 Å². The molecule has 3 aromatic rings. The van der Waals surface area contributed by atoms with Gasteiger partial charge in [-0.05, 0) is 36.4 Å². The lowest BCUT2D eigenvalue weighted by Crippen LogP contribution is -2.15. The van der Waals surface area contributed by atoms with Gasteiger partial charge in [-0.15, -0.1) is 0 Å². The maximum absolute atomic E-state index is 12.4. The topological polar surface area (TPSA) is 77.8 Å². The lowest BCUT2D eigenvalue weighted by molar-refractivity contribution is 0.0475. The summed E-state index contributed by atoms with van der Waals surface area (Å²) in [6, 6.07) is 17.3. The number of benzene rings is 2. The van der Waals surface area contributed by atoms with Gasteiger partial charge >= 0.3 is 5.97 Å². The van der Waals surface area contributed by atoms with E-state index in [4.69, 9.17) is 13.9 Å². The Morgan fingerprint density at radius 2 is 1.89 bits per heavy atom. The van der Waals surface area contributed by atoms with E-state index >= 15 is 0 Å². The van der Waals surface area contributed by atoms with Crippen LogP contribution in [0.3, 0.4) is 0 Å². The molecule has 6 heteroatoms. The third-order valence-electron chi connectivity index (χ3n) is 3.91. The third-order valence-corrected chi connectivity index (χ3v) is 3.91. The van der Waals surface area contributed by atoms with Crippen LogP contribution in [-0.4, -0.2) is 25.5 Å². The Morgan fingerprint density at radius 1 is 1.04 bits per heavy atom. The van der Waals surface area contributed by atoms with Crippen LogP contribution in [0.1, 0.15) is 26.5 Å². The number of hydrogen-bond donors (Lipinski definition) is 1. The molecule has 0 aliphatic heterocycles. The van der Waals surface area contributed by atoms with Crippen LogP contribution in [0.15, 0.2) is 71.3 Å². The molecule has 1 aromatic heterocycles. The second kappa shape index (κ2) is 8.71. The highest BCUT2D eigenvalue weighted by Crippen LogP contribution is 2.18. The predicted octanol–water partition coefficient (Wildman–Crippen LogP) is 3.94. The summed E-state index contributed by atoms with van der Waals surface area (Å²) in [4.78, 5) is 24.7. The molecule has 0 unspecified atom stereocenters. The van der Waals surface area contributed by atoms with Crippen molar-refractivity contribution in [2.24, 2.45) is 0 Å². The summed E-state index contributed by atoms with van der Waals surface area (Å²) >= 11 is 0. The minimum Gasteiger partial charge on any atom is -0.497 e. The summed E-state index contributed by atoms with van der Waals surface area (Å²) in [5.41, 5.74) is 1.38. The van der Waals surface area contributed by atoms with Crippen molar-refractivity contribution in [2.45, 2.75) is 6.54 Å². The number of anilines is 1. The maximum atomic E-state index is 12.4. The summed E-state index contributed by atoms with van der Waals surface area (Å²) in [5.74, 6) is 0.433. The van der Waals surface area contributed by atoms with Gasteiger partial charge in [0.1, 0.15) is 11.5 Å². The molecule has 0 bridgehead atoms. The molecule has 0 spiro atoms. The number of carbonyl (C=O) groups excluding carboxylic acids is 2. The van der Waals surface area contributed by atoms with E-state index in [2.05, 4.69) is 5.32 Å². The van der Waals surface area contributed by atoms with Gasteiger partial charge in [-0.2, -0.15) is 0 Å². The molecule has 0 amide bonds. The van der Waals surface area contributed by atoms with Crippen molar-refractivity contribution in [1.82, 2.24) is 0 Å². The highest BCUT2D eigenvalue weighted by atomic mass is 16.5. The summed E-state index contributed by atoms with van der Waals surface area (Å²) < 4.78 is 15.6. The van der Waals surface area contributed by atoms with Gasteiger partial charge in [-0.3, -0.25) is 4.79 Å². The minimum atomic E-state index is -0.575. The predicted molar refractivity (Wildman–Crippen MR) is 100 cm³/mol. The van der Waals surface area contributed by atoms with Crippen molar-refractivity contribution in [3.8, 4) is 5.75 Å². The van der Waals surface area contributed by atoms with Crippen molar-refractivity contribution in [3.63, 3.8) is 0 Å². The van der Waals surface area contributed by atoms with Crippen LogP contribution in [0, 0.1) is 0 Å². The first-order valence-corrected chi connectivity index (χ1v) is 8.37. The van der Waals surface area contributed by atoms with Crippen LogP contribution in [0.2, 0.25) is 0 Å². The van der Waals surface area contributed by atoms with Crippen molar-refractivity contribution < 1.29 is 23.5 Å². The van der Waals surface area contributed by atoms with Gasteiger partial charge in [0.15, 0.2) is 12.4 Å². The van der Waals surface area contributed by atoms with Crippen LogP contribution >= 0.6 is 0 Å². The highest BCUT2D eigenvalue weighted by molar-refractivity contribution is 6.01. The highest BCUT2D eigenvalue weighted by Gasteiger charge is 2.15. The number of nitrogens with one attached hydrogen (secondary N) is 1. The van der Waals surface area contributed by atoms with E-state index in [0.717, 1.165) is 5.76 Å². The van der Waals surface area contributed by atoms with E-state index in [9.17, 15) is 9.59 Å². The van der Waals surface area contributed by atoms with Crippen molar-refractivity contribution in [1.29, 1.82) is 0 Å². The van der Waals surface area contributed by atoms with Crippen molar-refractivity contribution >= 4 is 17.4 Å². The molecule has 138 valence electrons. The standard InChI is InChI=1S/C21H19NO5/c1-25-16-7-4-6-15(12-16)20(23)14-27-21(24)18-9-2-3-10-19(18)22-13-17-8-5-11-26-17/h2-12,22H,13-14H2,1H3. The van der Waals surface area contributed by atoms with Gasteiger partial charge in [-0.25, -0.2) is 4.79 Å². The van der Waals surface area contributed by atoms with Crippen LogP contribution in [0.25, 0.3) is 0 Å². The quantitative estimate of drug-likeness (QED) is 0.481. The minimum absolute atomic E-state index is 0.303. The zero-order chi connectivity index (χ0) is 19.1. The molecule has 0 aliphatic carbocycles. The van der Waals surface area contributed by atoms with E-state index in [-0.39, 0.29) is 12.4 Å². The monoisotopic (exact) mass is 365 g/mol. The smallest absolute Gasteiger partial charge is 0.340 e. The average molecular weight is 365 g/mol. The Balaban J connectivity index is 1.63. The fraction of sp³-hybridized carbons (Fsp3) is 0.143. The van der Waals surface area contributed by atoms with Gasteiger partial charge in [0.2, 0.25) is 0 Å². The Labute approximate surface area is 156 Å². The second-order valence-electron chi connectivity index (χ2n) is 5.71. The first-order chi connectivity index (χ1) is 13.2. The molecule has 2 aromatic carbocycles. The van der Waals surface area contributed by atoms with Crippen LogP contribution in [0.4, 0.5) is 5.69 Å². The summed E-state index contributed by atoms with van der Waals surface area (Å²) in [6.45, 7) is 0.0819. The zero-order valence-electron chi connectivity index (χ0n) is 14.8. The second-order valence-corrected chi connectivity index (χ2v) is 5.71. The fourth-order valence-corrected chi connectivity index (χ4v) is 2.50. The van der Waals surface area contributed by atoms with E-state index in [1.807, 2.05) is 12.1 Å². The SMILES string of the molecule is COc1cccc(C(=O)COC(=O)c2ccccc2NCc2ccco2)c1. The van der Waals surface area contributed by atoms with Gasteiger partial charge in [0.25, 0.3) is 0 Å². The van der Waals surface area contributed by atoms with Crippen molar-refractivity contribution in [3.05, 3.63) is 83.8 Å². The largest absolute Gasteiger partial charge is 0.497 e. The first-order valence-electron chi connectivity index (χ1n) is 8.37. The van der Waals surface area contributed by atoms with Crippen LogP contribution in [-0.2, 0) is 11.3 Å². The van der Waals surface area contributed by atoms with E-state index in [1.165, 1.54) is 7.11 Å². The molecule has 0 fully saturated rings. The van der Waals surface area contributed by atoms with E-state index in [0.29, 0.717) is 29.1 Å². The molecule has 0 radical (unpaired) electrons. The van der Waals surface area contributed by atoms with Gasteiger partial charge in [-0.1, -0.05) is 24.3 Å². The molecule has 27 heavy (non-hydrogen) atoms. The van der Waals surface area contributed by atoms with Gasteiger partial charge in [0, 0.05) is 11.3 Å². The Morgan fingerprint density at radius 3 is 2.67 bits per heavy atom. The number of methoxy groups -OCH3 is 1. The number of esters is 1. The normalized spacial score (nSPS) is 10.3. The number of para-hydroxylation sites is 1. The third kappa shape index (κ3) is 4.76. The number of ether oxygens (including phenoxy) is 2. The Kier molecular flexibility index (Phi) is 5.89. The van der Waals surface area contributed by atoms with E-state index < -0.39 is 5.97 Å². The molecule has 0 atom stereocenters. The molecule has 0 aliphatic rings. The average Bonchev–Trinajstić information content (AvgIpc) is 3.24. The molecule has 3 rings (SSSR count). The number of furan rings is 1. The number of Topliss-reactive ketones (excluding diaryl/α,β-unsaturated/α-hetero) is 1.